The van der Waals surface area contributed by atoms with Gasteiger partial charge in [0.05, 0.1) is 0 Å². The predicted octanol–water partition coefficient (Wildman–Crippen LogP) is 9.84. The molecule has 5 nitrogen and oxygen atoms in total. The number of rotatable bonds is 8. The number of benzene rings is 5. The molecule has 0 aliphatic carbocycles. The van der Waals surface area contributed by atoms with Crippen LogP contribution in [0.25, 0.3) is 0 Å². The third-order valence-corrected chi connectivity index (χ3v) is 14.6. The van der Waals surface area contributed by atoms with Gasteiger partial charge in [-0.3, -0.25) is 0 Å². The Labute approximate surface area is 332 Å². The Balaban J connectivity index is 0.000000469. The first kappa shape index (κ1) is 45.2. The minimum atomic E-state index is -5.14. The minimum absolute atomic E-state index is 0.263. The van der Waals surface area contributed by atoms with Crippen LogP contribution in [-0.4, -0.2) is 30.1 Å². The van der Waals surface area contributed by atoms with Crippen LogP contribution in [0.4, 0.5) is 26.3 Å². The van der Waals surface area contributed by atoms with Crippen molar-refractivity contribution in [3.63, 3.8) is 0 Å². The van der Waals surface area contributed by atoms with Crippen molar-refractivity contribution in [3.05, 3.63) is 133 Å². The average molecular weight is 814 g/mol. The molecule has 0 radical (unpaired) electrons. The number of halogens is 6. The molecule has 0 spiro atoms. The lowest BCUT2D eigenvalue weighted by Gasteiger charge is -2.35. The van der Waals surface area contributed by atoms with Crippen molar-refractivity contribution in [1.82, 2.24) is 0 Å². The van der Waals surface area contributed by atoms with E-state index in [2.05, 4.69) is 9.47 Å². The summed E-state index contributed by atoms with van der Waals surface area (Å²) in [4.78, 5) is 0. The quantitative estimate of drug-likeness (QED) is 0.0929. The van der Waals surface area contributed by atoms with E-state index in [9.17, 15) is 26.3 Å². The molecule has 0 bridgehead atoms. The number of hydrogen-bond acceptors (Lipinski definition) is 5. The lowest BCUT2D eigenvalue weighted by molar-refractivity contribution is -0.276. The van der Waals surface area contributed by atoms with Crippen LogP contribution >= 0.6 is 7.26 Å². The van der Waals surface area contributed by atoms with Gasteiger partial charge in [-0.2, -0.15) is 0 Å². The largest absolute Gasteiger partial charge is 0.707 e. The second-order valence-electron chi connectivity index (χ2n) is 14.8. The summed E-state index contributed by atoms with van der Waals surface area (Å²) in [6.45, 7) is 23.3. The topological polar surface area (TPSA) is 68.2 Å². The van der Waals surface area contributed by atoms with Crippen molar-refractivity contribution in [2.24, 2.45) is 0 Å². The Morgan fingerprint density at radius 1 is 0.421 bits per heavy atom. The van der Waals surface area contributed by atoms with Crippen LogP contribution < -0.4 is 35.3 Å². The fraction of sp³-hybridized carbons (Fsp3) is 0.318. The standard InChI is InChI=1S/C35H36F6O2P.C9H13BO3/c1-19-10-22(4)31(23(5)11-19)44(32-24(6)12-20(2)13-25(32)7,33-26(8)14-21(3)15-27(33)9)30-17-28(42-34(36,37)38)16-29(18-30)43-35(39,40)41;1-6-4-7(2)9(8(3)5-6)13-10(11)12/h10-18H,1-9H3;4-5,11-12H,1-3H3/q+1;. The zero-order valence-corrected chi connectivity index (χ0v) is 35.2. The molecule has 0 heterocycles. The maximum atomic E-state index is 13.6. The zero-order valence-electron chi connectivity index (χ0n) is 34.3. The van der Waals surface area contributed by atoms with Gasteiger partial charge in [-0.25, -0.2) is 0 Å². The maximum absolute atomic E-state index is 13.6. The van der Waals surface area contributed by atoms with Crippen LogP contribution in [0.3, 0.4) is 0 Å². The van der Waals surface area contributed by atoms with E-state index in [0.29, 0.717) is 11.8 Å². The molecule has 0 aromatic heterocycles. The number of hydrogen-bond donors (Lipinski definition) is 2. The lowest BCUT2D eigenvalue weighted by Crippen LogP contribution is -2.44. The van der Waals surface area contributed by atoms with E-state index in [4.69, 9.17) is 14.7 Å². The number of aryl methyl sites for hydroxylation is 12. The van der Waals surface area contributed by atoms with Crippen molar-refractivity contribution in [1.29, 1.82) is 0 Å². The van der Waals surface area contributed by atoms with E-state index in [-0.39, 0.29) is 5.30 Å². The van der Waals surface area contributed by atoms with Gasteiger partial charge in [0.1, 0.15) is 45.7 Å². The molecule has 13 heteroatoms. The summed E-state index contributed by atoms with van der Waals surface area (Å²) in [6, 6.07) is 19.1. The van der Waals surface area contributed by atoms with Gasteiger partial charge in [0.2, 0.25) is 0 Å². The Morgan fingerprint density at radius 2 is 0.684 bits per heavy atom. The molecule has 0 fully saturated rings. The Hall–Kier alpha value is -4.51. The summed E-state index contributed by atoms with van der Waals surface area (Å²) in [6.07, 6.45) is -10.3. The smallest absolute Gasteiger partial charge is 0.512 e. The lowest BCUT2D eigenvalue weighted by atomic mass is 10.1. The Kier molecular flexibility index (Phi) is 13.6. The Morgan fingerprint density at radius 3 is 0.930 bits per heavy atom. The van der Waals surface area contributed by atoms with Crippen LogP contribution in [0, 0.1) is 83.1 Å². The van der Waals surface area contributed by atoms with Crippen molar-refractivity contribution >= 4 is 35.8 Å². The van der Waals surface area contributed by atoms with Gasteiger partial charge >= 0.3 is 20.0 Å². The third-order valence-electron chi connectivity index (χ3n) is 9.46. The molecule has 0 atom stereocenters. The van der Waals surface area contributed by atoms with Crippen LogP contribution in [-0.2, 0) is 0 Å². The third kappa shape index (κ3) is 10.5. The first-order chi connectivity index (χ1) is 26.2. The highest BCUT2D eigenvalue weighted by molar-refractivity contribution is 8.02. The maximum Gasteiger partial charge on any atom is 0.707 e. The minimum Gasteiger partial charge on any atom is -0.512 e. The van der Waals surface area contributed by atoms with Gasteiger partial charge < -0.3 is 24.2 Å². The van der Waals surface area contributed by atoms with Gasteiger partial charge in [0.25, 0.3) is 0 Å². The fourth-order valence-corrected chi connectivity index (χ4v) is 14.1. The van der Waals surface area contributed by atoms with E-state index in [1.807, 2.05) is 132 Å². The van der Waals surface area contributed by atoms with Gasteiger partial charge in [-0.15, -0.1) is 26.3 Å². The van der Waals surface area contributed by atoms with Gasteiger partial charge in [0.15, 0.2) is 0 Å². The van der Waals surface area contributed by atoms with Crippen LogP contribution in [0.2, 0.25) is 0 Å². The van der Waals surface area contributed by atoms with Crippen molar-refractivity contribution in [2.45, 2.75) is 95.8 Å². The molecule has 0 unspecified atom stereocenters. The van der Waals surface area contributed by atoms with Crippen molar-refractivity contribution < 1.29 is 50.5 Å². The summed E-state index contributed by atoms with van der Waals surface area (Å²) in [7, 11) is -5.02. The fourth-order valence-electron chi connectivity index (χ4n) is 8.42. The molecule has 0 aliphatic heterocycles. The SMILES string of the molecule is Cc1cc(C)c(OB(O)O)c(C)c1.Cc1cc(C)c([P+](c2cc(OC(F)(F)F)cc(OC(F)(F)F)c2)(c2c(C)cc(C)cc2C)c2c(C)cc(C)cc2C)c(C)c1. The molecule has 0 saturated carbocycles. The average Bonchev–Trinajstić information content (AvgIpc) is 2.99. The molecule has 5 aromatic carbocycles. The summed E-state index contributed by atoms with van der Waals surface area (Å²) < 4.78 is 95.4. The first-order valence-corrected chi connectivity index (χ1v) is 19.9. The molecule has 5 rings (SSSR count). The predicted molar refractivity (Wildman–Crippen MR) is 219 cm³/mol. The summed E-state index contributed by atoms with van der Waals surface area (Å²) >= 11 is 0. The van der Waals surface area contributed by atoms with Crippen LogP contribution in [0.1, 0.15) is 66.8 Å². The first-order valence-electron chi connectivity index (χ1n) is 18.2. The van der Waals surface area contributed by atoms with Crippen molar-refractivity contribution in [3.8, 4) is 17.2 Å². The second-order valence-corrected chi connectivity index (χ2v) is 18.0. The molecular formula is C44H49BF6O5P+. The van der Waals surface area contributed by atoms with Gasteiger partial charge in [-0.05, 0) is 128 Å². The van der Waals surface area contributed by atoms with E-state index in [1.54, 1.807) is 0 Å². The van der Waals surface area contributed by atoms with Crippen LogP contribution in [0.5, 0.6) is 17.2 Å². The van der Waals surface area contributed by atoms with Gasteiger partial charge in [0, 0.05) is 18.2 Å². The summed E-state index contributed by atoms with van der Waals surface area (Å²) in [5.74, 6) is -1.03. The highest BCUT2D eigenvalue weighted by atomic mass is 31.2. The molecule has 0 aliphatic rings. The van der Waals surface area contributed by atoms with Crippen LogP contribution in [0.15, 0.2) is 66.7 Å². The summed E-state index contributed by atoms with van der Waals surface area (Å²) in [5.41, 5.74) is 11.2. The van der Waals surface area contributed by atoms with E-state index in [1.165, 1.54) is 12.1 Å². The second kappa shape index (κ2) is 17.2. The Bertz CT molecular complexity index is 2020. The van der Waals surface area contributed by atoms with E-state index < -0.39 is 38.8 Å². The van der Waals surface area contributed by atoms with Crippen molar-refractivity contribution in [2.75, 3.05) is 0 Å². The highest BCUT2D eigenvalue weighted by Crippen LogP contribution is 2.59. The van der Waals surface area contributed by atoms with E-state index >= 15 is 0 Å². The molecule has 0 saturated heterocycles. The molecule has 304 valence electrons. The number of ether oxygens (including phenoxy) is 2. The molecule has 0 amide bonds. The monoisotopic (exact) mass is 813 g/mol. The highest BCUT2D eigenvalue weighted by Gasteiger charge is 2.54. The molecular weight excluding hydrogens is 764 g/mol. The number of alkyl halides is 6. The molecule has 5 aromatic rings. The normalized spacial score (nSPS) is 11.9. The molecule has 2 N–H and O–H groups in total. The van der Waals surface area contributed by atoms with Gasteiger partial charge in [-0.1, -0.05) is 70.8 Å². The summed E-state index contributed by atoms with van der Waals surface area (Å²) in [5, 5.41) is 20.2. The van der Waals surface area contributed by atoms with E-state index in [0.717, 1.165) is 82.7 Å². The molecule has 57 heavy (non-hydrogen) atoms. The zero-order chi connectivity index (χ0) is 42.9.